The largest absolute Gasteiger partial charge is 0.406 e. The van der Waals surface area contributed by atoms with E-state index >= 15 is 0 Å². The van der Waals surface area contributed by atoms with Gasteiger partial charge in [0.2, 0.25) is 0 Å². The molecule has 1 aliphatic rings. The Morgan fingerprint density at radius 3 is 2.22 bits per heavy atom. The van der Waals surface area contributed by atoms with Crippen molar-refractivity contribution in [2.75, 3.05) is 0 Å². The number of rotatable bonds is 5. The predicted octanol–water partition coefficient (Wildman–Crippen LogP) is 8.62. The topological polar surface area (TPSA) is 22.1 Å². The number of halogens is 1. The number of aromatic nitrogens is 1. The van der Waals surface area contributed by atoms with Gasteiger partial charge in [-0.2, -0.15) is 0 Å². The van der Waals surface area contributed by atoms with E-state index in [1.807, 2.05) is 12.1 Å². The molecule has 4 heteroatoms. The van der Waals surface area contributed by atoms with Gasteiger partial charge in [-0.25, -0.2) is 0 Å². The first-order chi connectivity index (χ1) is 15.1. The maximum absolute atomic E-state index is 7.15. The molecule has 1 aromatic heterocycles. The van der Waals surface area contributed by atoms with Crippen molar-refractivity contribution >= 4 is 19.9 Å². The highest BCUT2D eigenvalue weighted by Crippen LogP contribution is 2.53. The van der Waals surface area contributed by atoms with Crippen LogP contribution in [0.5, 0.6) is 0 Å². The van der Waals surface area contributed by atoms with Gasteiger partial charge in [-0.1, -0.05) is 82.6 Å². The van der Waals surface area contributed by atoms with E-state index in [4.69, 9.17) is 21.0 Å². The van der Waals surface area contributed by atoms with E-state index in [1.165, 1.54) is 39.1 Å². The maximum Gasteiger partial charge on any atom is 0.193 e. The molecule has 0 bridgehead atoms. The minimum Gasteiger partial charge on any atom is -0.406 e. The molecule has 0 amide bonds. The highest BCUT2D eigenvalue weighted by atomic mass is 35.5. The Balaban J connectivity index is 2.04. The first-order valence-electron chi connectivity index (χ1n) is 11.7. The van der Waals surface area contributed by atoms with E-state index in [9.17, 15) is 0 Å². The smallest absolute Gasteiger partial charge is 0.193 e. The second-order valence-corrected chi connectivity index (χ2v) is 15.4. The molecule has 0 aliphatic heterocycles. The van der Waals surface area contributed by atoms with Crippen molar-refractivity contribution in [3.05, 3.63) is 75.9 Å². The molecule has 2 nitrogen and oxygen atoms in total. The Labute approximate surface area is 199 Å². The number of pyridine rings is 1. The van der Waals surface area contributed by atoms with E-state index in [2.05, 4.69) is 84.1 Å². The zero-order valence-electron chi connectivity index (χ0n) is 20.3. The number of fused-ring (bicyclic) bond motifs is 3. The Hall–Kier alpha value is -1.94. The third-order valence-corrected chi connectivity index (χ3v) is 11.9. The second kappa shape index (κ2) is 8.44. The first kappa shape index (κ1) is 23.2. The molecule has 4 rings (SSSR count). The lowest BCUT2D eigenvalue weighted by Crippen LogP contribution is -2.41. The first-order valence-corrected chi connectivity index (χ1v) is 15.0. The van der Waals surface area contributed by atoms with E-state index in [1.54, 1.807) is 0 Å². The summed E-state index contributed by atoms with van der Waals surface area (Å²) in [5.41, 5.74) is 9.74. The molecule has 3 aromatic rings. The van der Waals surface area contributed by atoms with Crippen molar-refractivity contribution in [2.45, 2.75) is 71.7 Å². The standard InChI is InChI=1S/C28H34ClNOSi/c1-8-20-23(9-2)30-26-21-12-10-11-13-22(21)27(31-32(6,7)28(3,4)5)25(26)24(20)18-14-16-19(29)17-15-18/h10-17,27H,8-9H2,1-7H3. The van der Waals surface area contributed by atoms with Crippen LogP contribution in [0.2, 0.25) is 23.2 Å². The Morgan fingerprint density at radius 1 is 0.969 bits per heavy atom. The summed E-state index contributed by atoms with van der Waals surface area (Å²) in [6.07, 6.45) is 1.74. The Morgan fingerprint density at radius 2 is 1.62 bits per heavy atom. The zero-order valence-corrected chi connectivity index (χ0v) is 22.1. The van der Waals surface area contributed by atoms with E-state index in [0.717, 1.165) is 23.6 Å². The van der Waals surface area contributed by atoms with Crippen LogP contribution >= 0.6 is 11.6 Å². The highest BCUT2D eigenvalue weighted by Gasteiger charge is 2.44. The molecule has 0 radical (unpaired) electrons. The van der Waals surface area contributed by atoms with Crippen LogP contribution in [-0.4, -0.2) is 13.3 Å². The van der Waals surface area contributed by atoms with Crippen LogP contribution in [0.4, 0.5) is 0 Å². The average molecular weight is 464 g/mol. The van der Waals surface area contributed by atoms with Gasteiger partial charge < -0.3 is 4.43 Å². The van der Waals surface area contributed by atoms with Crippen molar-refractivity contribution in [1.29, 1.82) is 0 Å². The van der Waals surface area contributed by atoms with Crippen LogP contribution in [0, 0.1) is 0 Å². The molecule has 0 saturated heterocycles. The minimum absolute atomic E-state index is 0.100. The van der Waals surface area contributed by atoms with Gasteiger partial charge in [-0.3, -0.25) is 4.98 Å². The van der Waals surface area contributed by atoms with Crippen molar-refractivity contribution < 1.29 is 4.43 Å². The number of benzene rings is 2. The molecule has 0 N–H and O–H groups in total. The summed E-state index contributed by atoms with van der Waals surface area (Å²) in [4.78, 5) is 5.24. The quantitative estimate of drug-likeness (QED) is 0.353. The van der Waals surface area contributed by atoms with Gasteiger partial charge in [0.15, 0.2) is 8.32 Å². The number of hydrogen-bond donors (Lipinski definition) is 0. The summed E-state index contributed by atoms with van der Waals surface area (Å²) < 4.78 is 7.15. The summed E-state index contributed by atoms with van der Waals surface area (Å²) in [7, 11) is -2.04. The van der Waals surface area contributed by atoms with E-state index in [0.29, 0.717) is 0 Å². The molecular formula is C28H34ClNOSi. The molecular weight excluding hydrogens is 430 g/mol. The van der Waals surface area contributed by atoms with Gasteiger partial charge >= 0.3 is 0 Å². The monoisotopic (exact) mass is 463 g/mol. The van der Waals surface area contributed by atoms with Gasteiger partial charge in [-0.05, 0) is 65.4 Å². The summed E-state index contributed by atoms with van der Waals surface area (Å²) in [5.74, 6) is 0. The summed E-state index contributed by atoms with van der Waals surface area (Å²) in [6, 6.07) is 16.9. The van der Waals surface area contributed by atoms with Gasteiger partial charge in [0.1, 0.15) is 0 Å². The lowest BCUT2D eigenvalue weighted by atomic mass is 9.89. The van der Waals surface area contributed by atoms with Gasteiger partial charge in [0.05, 0.1) is 11.8 Å². The average Bonchev–Trinajstić information content (AvgIpc) is 3.05. The summed E-state index contributed by atoms with van der Waals surface area (Å²) >= 11 is 6.26. The molecule has 0 fully saturated rings. The van der Waals surface area contributed by atoms with Crippen molar-refractivity contribution in [3.8, 4) is 22.4 Å². The number of nitrogens with zero attached hydrogens (tertiary/aromatic N) is 1. The maximum atomic E-state index is 7.15. The predicted molar refractivity (Wildman–Crippen MR) is 139 cm³/mol. The third-order valence-electron chi connectivity index (χ3n) is 7.22. The zero-order chi connectivity index (χ0) is 23.3. The van der Waals surface area contributed by atoms with Crippen molar-refractivity contribution in [2.24, 2.45) is 0 Å². The molecule has 168 valence electrons. The van der Waals surface area contributed by atoms with Crippen LogP contribution in [0.3, 0.4) is 0 Å². The molecule has 1 unspecified atom stereocenters. The lowest BCUT2D eigenvalue weighted by molar-refractivity contribution is 0.226. The van der Waals surface area contributed by atoms with Crippen LogP contribution < -0.4 is 0 Å². The van der Waals surface area contributed by atoms with Crippen LogP contribution in [0.25, 0.3) is 22.4 Å². The Bertz CT molecular complexity index is 1150. The van der Waals surface area contributed by atoms with E-state index in [-0.39, 0.29) is 11.1 Å². The van der Waals surface area contributed by atoms with Gasteiger partial charge in [0, 0.05) is 21.8 Å². The number of hydrogen-bond acceptors (Lipinski definition) is 2. The second-order valence-electron chi connectivity index (χ2n) is 10.2. The molecule has 1 aliphatic carbocycles. The lowest BCUT2D eigenvalue weighted by Gasteiger charge is -2.39. The molecule has 0 spiro atoms. The summed E-state index contributed by atoms with van der Waals surface area (Å²) in [5, 5.41) is 0.876. The van der Waals surface area contributed by atoms with Crippen LogP contribution in [0.15, 0.2) is 48.5 Å². The fraction of sp³-hybridized carbons (Fsp3) is 0.393. The molecule has 1 atom stereocenters. The summed E-state index contributed by atoms with van der Waals surface area (Å²) in [6.45, 7) is 16.0. The fourth-order valence-electron chi connectivity index (χ4n) is 4.46. The molecule has 1 heterocycles. The molecule has 32 heavy (non-hydrogen) atoms. The minimum atomic E-state index is -2.04. The van der Waals surface area contributed by atoms with Crippen LogP contribution in [0.1, 0.15) is 63.1 Å². The van der Waals surface area contributed by atoms with Crippen molar-refractivity contribution in [3.63, 3.8) is 0 Å². The Kier molecular flexibility index (Phi) is 6.13. The normalized spacial score (nSPS) is 15.6. The van der Waals surface area contributed by atoms with E-state index < -0.39 is 8.32 Å². The molecule has 0 saturated carbocycles. The highest BCUT2D eigenvalue weighted by molar-refractivity contribution is 6.74. The van der Waals surface area contributed by atoms with Gasteiger partial charge in [0.25, 0.3) is 0 Å². The van der Waals surface area contributed by atoms with Crippen LogP contribution in [-0.2, 0) is 17.3 Å². The fourth-order valence-corrected chi connectivity index (χ4v) is 5.77. The van der Waals surface area contributed by atoms with Gasteiger partial charge in [-0.15, -0.1) is 0 Å². The SMILES string of the molecule is CCc1nc2c(c(-c3ccc(Cl)cc3)c1CC)C(O[Si](C)(C)C(C)(C)C)c1ccccc1-2. The molecule has 2 aromatic carbocycles. The number of aryl methyl sites for hydroxylation is 1. The van der Waals surface area contributed by atoms with Crippen molar-refractivity contribution in [1.82, 2.24) is 4.98 Å². The third kappa shape index (κ3) is 3.85.